The van der Waals surface area contributed by atoms with Gasteiger partial charge in [0.05, 0.1) is 0 Å². The van der Waals surface area contributed by atoms with E-state index >= 15 is 0 Å². The van der Waals surface area contributed by atoms with Crippen LogP contribution in [-0.4, -0.2) is 62.7 Å². The lowest BCUT2D eigenvalue weighted by Gasteiger charge is -2.26. The maximum atomic E-state index is 3.57. The van der Waals surface area contributed by atoms with Crippen molar-refractivity contribution in [2.75, 3.05) is 47.3 Å². The van der Waals surface area contributed by atoms with Gasteiger partial charge < -0.3 is 15.1 Å². The van der Waals surface area contributed by atoms with E-state index in [0.29, 0.717) is 5.92 Å². The van der Waals surface area contributed by atoms with Gasteiger partial charge in [-0.1, -0.05) is 6.92 Å². The van der Waals surface area contributed by atoms with Crippen molar-refractivity contribution >= 4 is 0 Å². The first kappa shape index (κ1) is 16.9. The first-order valence-electron chi connectivity index (χ1n) is 6.79. The third-order valence-electron chi connectivity index (χ3n) is 2.75. The Morgan fingerprint density at radius 1 is 1.06 bits per heavy atom. The zero-order valence-corrected chi connectivity index (χ0v) is 13.0. The van der Waals surface area contributed by atoms with E-state index in [1.165, 1.54) is 26.1 Å². The predicted molar refractivity (Wildman–Crippen MR) is 77.6 cm³/mol. The van der Waals surface area contributed by atoms with Crippen molar-refractivity contribution in [1.82, 2.24) is 15.1 Å². The molecular formula is C14H33N3. The fourth-order valence-electron chi connectivity index (χ4n) is 1.83. The number of hydrogen-bond acceptors (Lipinski definition) is 3. The molecule has 0 aliphatic carbocycles. The van der Waals surface area contributed by atoms with Crippen LogP contribution in [0.3, 0.4) is 0 Å². The van der Waals surface area contributed by atoms with Gasteiger partial charge in [0.15, 0.2) is 0 Å². The molecule has 104 valence electrons. The Morgan fingerprint density at radius 3 is 2.12 bits per heavy atom. The Balaban J connectivity index is 3.62. The molecule has 0 rings (SSSR count). The van der Waals surface area contributed by atoms with Crippen LogP contribution in [0.25, 0.3) is 0 Å². The molecule has 0 fully saturated rings. The van der Waals surface area contributed by atoms with Gasteiger partial charge in [-0.05, 0) is 73.9 Å². The minimum absolute atomic E-state index is 0.234. The summed E-state index contributed by atoms with van der Waals surface area (Å²) >= 11 is 0. The van der Waals surface area contributed by atoms with Crippen molar-refractivity contribution in [3.63, 3.8) is 0 Å². The van der Waals surface area contributed by atoms with E-state index in [2.05, 4.69) is 64.0 Å². The third-order valence-corrected chi connectivity index (χ3v) is 2.75. The molecule has 0 amide bonds. The fraction of sp³-hybridized carbons (Fsp3) is 1.00. The lowest BCUT2D eigenvalue weighted by molar-refractivity contribution is 0.254. The second-order valence-corrected chi connectivity index (χ2v) is 6.66. The number of nitrogens with one attached hydrogen (secondary N) is 1. The van der Waals surface area contributed by atoms with E-state index in [1.807, 2.05) is 0 Å². The van der Waals surface area contributed by atoms with Crippen LogP contribution in [0.2, 0.25) is 0 Å². The van der Waals surface area contributed by atoms with Crippen LogP contribution in [0.4, 0.5) is 0 Å². The summed E-state index contributed by atoms with van der Waals surface area (Å²) in [5, 5.41) is 3.57. The molecule has 0 bridgehead atoms. The number of hydrogen-bond donors (Lipinski definition) is 1. The van der Waals surface area contributed by atoms with Crippen LogP contribution in [0.15, 0.2) is 0 Å². The van der Waals surface area contributed by atoms with Crippen molar-refractivity contribution in [2.24, 2.45) is 5.92 Å². The van der Waals surface area contributed by atoms with Crippen LogP contribution >= 0.6 is 0 Å². The molecule has 0 heterocycles. The predicted octanol–water partition coefficient (Wildman–Crippen LogP) is 1.89. The van der Waals surface area contributed by atoms with Crippen LogP contribution in [0.5, 0.6) is 0 Å². The zero-order valence-electron chi connectivity index (χ0n) is 13.0. The summed E-state index contributed by atoms with van der Waals surface area (Å²) in [5.41, 5.74) is 0.234. The van der Waals surface area contributed by atoms with E-state index in [9.17, 15) is 0 Å². The first-order valence-corrected chi connectivity index (χ1v) is 6.79. The average Bonchev–Trinajstić information content (AvgIpc) is 2.13. The molecule has 0 aliphatic rings. The monoisotopic (exact) mass is 243 g/mol. The third kappa shape index (κ3) is 12.1. The van der Waals surface area contributed by atoms with Crippen LogP contribution in [0, 0.1) is 5.92 Å². The topological polar surface area (TPSA) is 18.5 Å². The summed E-state index contributed by atoms with van der Waals surface area (Å²) in [5.74, 6) is 0.707. The molecule has 17 heavy (non-hydrogen) atoms. The van der Waals surface area contributed by atoms with E-state index in [4.69, 9.17) is 0 Å². The summed E-state index contributed by atoms with van der Waals surface area (Å²) in [6.07, 6.45) is 1.25. The molecule has 1 N–H and O–H groups in total. The van der Waals surface area contributed by atoms with E-state index < -0.39 is 0 Å². The molecular weight excluding hydrogens is 210 g/mol. The normalized spacial score (nSPS) is 14.6. The average molecular weight is 243 g/mol. The lowest BCUT2D eigenvalue weighted by atomic mass is 10.1. The van der Waals surface area contributed by atoms with Gasteiger partial charge in [-0.15, -0.1) is 0 Å². The standard InChI is InChI=1S/C14H33N3/c1-13(11-15-14(2,3)4)12-17(7)10-8-9-16(5)6/h13,15H,8-12H2,1-7H3. The fourth-order valence-corrected chi connectivity index (χ4v) is 1.83. The zero-order chi connectivity index (χ0) is 13.5. The molecule has 0 radical (unpaired) electrons. The lowest BCUT2D eigenvalue weighted by Crippen LogP contribution is -2.41. The molecule has 0 aromatic rings. The van der Waals surface area contributed by atoms with Gasteiger partial charge in [-0.25, -0.2) is 0 Å². The maximum absolute atomic E-state index is 3.57. The Bertz CT molecular complexity index is 184. The van der Waals surface area contributed by atoms with Crippen molar-refractivity contribution in [1.29, 1.82) is 0 Å². The maximum Gasteiger partial charge on any atom is 0.00966 e. The molecule has 3 heteroatoms. The van der Waals surface area contributed by atoms with Gasteiger partial charge in [0.1, 0.15) is 0 Å². The van der Waals surface area contributed by atoms with Crippen LogP contribution < -0.4 is 5.32 Å². The minimum atomic E-state index is 0.234. The van der Waals surface area contributed by atoms with Crippen molar-refractivity contribution in [2.45, 2.75) is 39.7 Å². The van der Waals surface area contributed by atoms with E-state index in [-0.39, 0.29) is 5.54 Å². The van der Waals surface area contributed by atoms with Crippen LogP contribution in [0.1, 0.15) is 34.1 Å². The summed E-state index contributed by atoms with van der Waals surface area (Å²) in [4.78, 5) is 4.69. The second kappa shape index (κ2) is 8.06. The largest absolute Gasteiger partial charge is 0.312 e. The molecule has 0 saturated carbocycles. The van der Waals surface area contributed by atoms with Crippen molar-refractivity contribution in [3.05, 3.63) is 0 Å². The Labute approximate surface area is 109 Å². The smallest absolute Gasteiger partial charge is 0.00966 e. The SMILES string of the molecule is CC(CNC(C)(C)C)CN(C)CCCN(C)C. The summed E-state index contributed by atoms with van der Waals surface area (Å²) < 4.78 is 0. The molecule has 1 atom stereocenters. The molecule has 0 aromatic carbocycles. The van der Waals surface area contributed by atoms with Gasteiger partial charge in [0.25, 0.3) is 0 Å². The van der Waals surface area contributed by atoms with Gasteiger partial charge in [-0.3, -0.25) is 0 Å². The van der Waals surface area contributed by atoms with Gasteiger partial charge in [-0.2, -0.15) is 0 Å². The molecule has 3 nitrogen and oxygen atoms in total. The van der Waals surface area contributed by atoms with E-state index in [0.717, 1.165) is 6.54 Å². The van der Waals surface area contributed by atoms with Gasteiger partial charge in [0.2, 0.25) is 0 Å². The molecule has 0 saturated heterocycles. The van der Waals surface area contributed by atoms with Crippen molar-refractivity contribution in [3.8, 4) is 0 Å². The number of nitrogens with zero attached hydrogens (tertiary/aromatic N) is 2. The van der Waals surface area contributed by atoms with Gasteiger partial charge >= 0.3 is 0 Å². The van der Waals surface area contributed by atoms with Crippen LogP contribution in [-0.2, 0) is 0 Å². The van der Waals surface area contributed by atoms with E-state index in [1.54, 1.807) is 0 Å². The molecule has 0 spiro atoms. The quantitative estimate of drug-likeness (QED) is 0.702. The number of rotatable bonds is 8. The van der Waals surface area contributed by atoms with Crippen molar-refractivity contribution < 1.29 is 0 Å². The summed E-state index contributed by atoms with van der Waals surface area (Å²) in [6.45, 7) is 13.6. The summed E-state index contributed by atoms with van der Waals surface area (Å²) in [7, 11) is 6.50. The highest BCUT2D eigenvalue weighted by Crippen LogP contribution is 2.03. The Morgan fingerprint density at radius 2 is 1.65 bits per heavy atom. The Kier molecular flexibility index (Phi) is 8.01. The highest BCUT2D eigenvalue weighted by Gasteiger charge is 2.12. The van der Waals surface area contributed by atoms with Gasteiger partial charge in [0, 0.05) is 12.1 Å². The second-order valence-electron chi connectivity index (χ2n) is 6.66. The minimum Gasteiger partial charge on any atom is -0.312 e. The highest BCUT2D eigenvalue weighted by molar-refractivity contribution is 4.72. The highest BCUT2D eigenvalue weighted by atomic mass is 15.1. The Hall–Kier alpha value is -0.120. The summed E-state index contributed by atoms with van der Waals surface area (Å²) in [6, 6.07) is 0. The molecule has 0 aliphatic heterocycles. The molecule has 1 unspecified atom stereocenters. The first-order chi connectivity index (χ1) is 7.70. The molecule has 0 aromatic heterocycles.